The third-order valence-corrected chi connectivity index (χ3v) is 8.12. The second kappa shape index (κ2) is 9.84. The standard InChI is InChI=1S/C24H21ClN4O3S2/c1-16-14-18(17(2)29(16)20-11-9-19(25)10-12-20)15-26-27-24(30)21-6-3-4-7-22(21)28-34(31,32)23-8-5-13-33-23/h3-15,28H,1-2H3,(H,27,30). The van der Waals surface area contributed by atoms with Crippen molar-refractivity contribution in [2.75, 3.05) is 4.72 Å². The van der Waals surface area contributed by atoms with Gasteiger partial charge in [0.15, 0.2) is 0 Å². The van der Waals surface area contributed by atoms with Crippen LogP contribution in [-0.4, -0.2) is 25.1 Å². The molecule has 0 bridgehead atoms. The summed E-state index contributed by atoms with van der Waals surface area (Å²) < 4.78 is 29.8. The van der Waals surface area contributed by atoms with Crippen LogP contribution in [0.4, 0.5) is 5.69 Å². The van der Waals surface area contributed by atoms with Gasteiger partial charge in [0.2, 0.25) is 0 Å². The molecule has 174 valence electrons. The van der Waals surface area contributed by atoms with E-state index in [0.29, 0.717) is 5.02 Å². The number of sulfonamides is 1. The molecule has 0 radical (unpaired) electrons. The van der Waals surface area contributed by atoms with Gasteiger partial charge in [-0.3, -0.25) is 9.52 Å². The topological polar surface area (TPSA) is 92.6 Å². The van der Waals surface area contributed by atoms with Gasteiger partial charge in [0.25, 0.3) is 15.9 Å². The van der Waals surface area contributed by atoms with Crippen LogP contribution in [0.15, 0.2) is 81.4 Å². The zero-order chi connectivity index (χ0) is 24.3. The number of anilines is 1. The minimum absolute atomic E-state index is 0.159. The van der Waals surface area contributed by atoms with Crippen molar-refractivity contribution in [2.24, 2.45) is 5.10 Å². The highest BCUT2D eigenvalue weighted by molar-refractivity contribution is 7.94. The van der Waals surface area contributed by atoms with E-state index in [1.54, 1.807) is 29.8 Å². The molecule has 1 amide bonds. The third kappa shape index (κ3) is 5.06. The summed E-state index contributed by atoms with van der Waals surface area (Å²) >= 11 is 7.09. The van der Waals surface area contributed by atoms with Crippen LogP contribution < -0.4 is 10.1 Å². The van der Waals surface area contributed by atoms with Gasteiger partial charge < -0.3 is 4.57 Å². The predicted octanol–water partition coefficient (Wildman–Crippen LogP) is 5.37. The first-order valence-corrected chi connectivity index (χ1v) is 12.9. The average molecular weight is 513 g/mol. The molecule has 2 heterocycles. The summed E-state index contributed by atoms with van der Waals surface area (Å²) in [5.41, 5.74) is 6.56. The summed E-state index contributed by atoms with van der Waals surface area (Å²) in [4.78, 5) is 12.8. The van der Waals surface area contributed by atoms with Gasteiger partial charge in [-0.25, -0.2) is 13.8 Å². The Morgan fingerprint density at radius 2 is 1.79 bits per heavy atom. The maximum Gasteiger partial charge on any atom is 0.273 e. The Hall–Kier alpha value is -3.40. The first kappa shape index (κ1) is 23.7. The molecular weight excluding hydrogens is 492 g/mol. The predicted molar refractivity (Wildman–Crippen MR) is 137 cm³/mol. The van der Waals surface area contributed by atoms with Gasteiger partial charge in [-0.2, -0.15) is 5.10 Å². The fourth-order valence-electron chi connectivity index (χ4n) is 3.51. The molecule has 0 aliphatic heterocycles. The minimum Gasteiger partial charge on any atom is -0.318 e. The van der Waals surface area contributed by atoms with Crippen molar-refractivity contribution in [3.63, 3.8) is 0 Å². The summed E-state index contributed by atoms with van der Waals surface area (Å²) in [5, 5.41) is 6.43. The van der Waals surface area contributed by atoms with E-state index in [1.807, 2.05) is 44.2 Å². The maximum absolute atomic E-state index is 12.8. The molecular formula is C24H21ClN4O3S2. The molecule has 34 heavy (non-hydrogen) atoms. The molecule has 4 aromatic rings. The number of thiophene rings is 1. The number of nitrogens with one attached hydrogen (secondary N) is 2. The van der Waals surface area contributed by atoms with Crippen LogP contribution in [0.1, 0.15) is 27.3 Å². The fraction of sp³-hybridized carbons (Fsp3) is 0.0833. The quantitative estimate of drug-likeness (QED) is 0.257. The first-order valence-electron chi connectivity index (χ1n) is 10.2. The van der Waals surface area contributed by atoms with Crippen molar-refractivity contribution in [3.8, 4) is 5.69 Å². The van der Waals surface area contributed by atoms with Gasteiger partial charge >= 0.3 is 0 Å². The number of hydrogen-bond acceptors (Lipinski definition) is 5. The lowest BCUT2D eigenvalue weighted by atomic mass is 10.2. The molecule has 2 N–H and O–H groups in total. The Kier molecular flexibility index (Phi) is 6.87. The lowest BCUT2D eigenvalue weighted by Crippen LogP contribution is -2.21. The van der Waals surface area contributed by atoms with Crippen molar-refractivity contribution in [1.82, 2.24) is 9.99 Å². The van der Waals surface area contributed by atoms with Crippen LogP contribution in [0, 0.1) is 13.8 Å². The number of aryl methyl sites for hydroxylation is 1. The van der Waals surface area contributed by atoms with E-state index >= 15 is 0 Å². The molecule has 0 saturated heterocycles. The largest absolute Gasteiger partial charge is 0.318 e. The molecule has 2 aromatic heterocycles. The maximum atomic E-state index is 12.8. The molecule has 0 atom stereocenters. The van der Waals surface area contributed by atoms with E-state index in [1.165, 1.54) is 18.2 Å². The number of rotatable bonds is 7. The van der Waals surface area contributed by atoms with Crippen LogP contribution in [-0.2, 0) is 10.0 Å². The molecule has 0 spiro atoms. The number of halogens is 1. The lowest BCUT2D eigenvalue weighted by Gasteiger charge is -2.10. The number of hydrogen-bond donors (Lipinski definition) is 2. The highest BCUT2D eigenvalue weighted by atomic mass is 35.5. The van der Waals surface area contributed by atoms with Crippen LogP contribution in [0.3, 0.4) is 0 Å². The number of aromatic nitrogens is 1. The average Bonchev–Trinajstić information content (AvgIpc) is 3.44. The van der Waals surface area contributed by atoms with E-state index in [4.69, 9.17) is 11.6 Å². The summed E-state index contributed by atoms with van der Waals surface area (Å²) in [5.74, 6) is -0.535. The molecule has 0 aliphatic rings. The number of carbonyl (C=O) groups is 1. The van der Waals surface area contributed by atoms with Gasteiger partial charge in [-0.1, -0.05) is 29.8 Å². The van der Waals surface area contributed by atoms with Gasteiger partial charge in [-0.15, -0.1) is 11.3 Å². The zero-order valence-corrected chi connectivity index (χ0v) is 20.7. The highest BCUT2D eigenvalue weighted by Crippen LogP contribution is 2.23. The lowest BCUT2D eigenvalue weighted by molar-refractivity contribution is 0.0956. The minimum atomic E-state index is -3.79. The van der Waals surface area contributed by atoms with E-state index in [0.717, 1.165) is 34.0 Å². The summed E-state index contributed by atoms with van der Waals surface area (Å²) in [6.45, 7) is 3.94. The van der Waals surface area contributed by atoms with Crippen molar-refractivity contribution < 1.29 is 13.2 Å². The second-order valence-corrected chi connectivity index (χ2v) is 10.7. The van der Waals surface area contributed by atoms with Crippen molar-refractivity contribution >= 4 is 50.8 Å². The van der Waals surface area contributed by atoms with Crippen molar-refractivity contribution in [1.29, 1.82) is 0 Å². The summed E-state index contributed by atoms with van der Waals surface area (Å²) in [7, 11) is -3.79. The molecule has 0 fully saturated rings. The number of amides is 1. The van der Waals surface area contributed by atoms with Gasteiger partial charge in [0.1, 0.15) is 4.21 Å². The highest BCUT2D eigenvalue weighted by Gasteiger charge is 2.19. The van der Waals surface area contributed by atoms with E-state index in [-0.39, 0.29) is 15.5 Å². The summed E-state index contributed by atoms with van der Waals surface area (Å²) in [6.07, 6.45) is 1.56. The monoisotopic (exact) mass is 512 g/mol. The Balaban J connectivity index is 1.51. The summed E-state index contributed by atoms with van der Waals surface area (Å²) in [6, 6.07) is 19.0. The van der Waals surface area contributed by atoms with E-state index in [2.05, 4.69) is 19.8 Å². The Morgan fingerprint density at radius 3 is 2.50 bits per heavy atom. The Bertz CT molecular complexity index is 1460. The Labute approximate surface area is 206 Å². The SMILES string of the molecule is Cc1cc(C=NNC(=O)c2ccccc2NS(=O)(=O)c2cccs2)c(C)n1-c1ccc(Cl)cc1. The third-order valence-electron chi connectivity index (χ3n) is 5.10. The normalized spacial score (nSPS) is 11.6. The fourth-order valence-corrected chi connectivity index (χ4v) is 5.71. The number of para-hydroxylation sites is 1. The molecule has 10 heteroatoms. The Morgan fingerprint density at radius 1 is 1.06 bits per heavy atom. The van der Waals surface area contributed by atoms with E-state index in [9.17, 15) is 13.2 Å². The van der Waals surface area contributed by atoms with E-state index < -0.39 is 15.9 Å². The van der Waals surface area contributed by atoms with Crippen LogP contribution in [0.5, 0.6) is 0 Å². The van der Waals surface area contributed by atoms with Gasteiger partial charge in [0.05, 0.1) is 17.5 Å². The molecule has 4 rings (SSSR count). The van der Waals surface area contributed by atoms with Gasteiger partial charge in [-0.05, 0) is 67.8 Å². The second-order valence-electron chi connectivity index (χ2n) is 7.42. The van der Waals surface area contributed by atoms with Crippen LogP contribution in [0.2, 0.25) is 5.02 Å². The first-order chi connectivity index (χ1) is 16.3. The molecule has 2 aromatic carbocycles. The number of hydrazone groups is 1. The van der Waals surface area contributed by atoms with Crippen LogP contribution >= 0.6 is 22.9 Å². The zero-order valence-electron chi connectivity index (χ0n) is 18.3. The number of benzene rings is 2. The van der Waals surface area contributed by atoms with Crippen LogP contribution in [0.25, 0.3) is 5.69 Å². The smallest absolute Gasteiger partial charge is 0.273 e. The number of nitrogens with zero attached hydrogens (tertiary/aromatic N) is 2. The molecule has 7 nitrogen and oxygen atoms in total. The molecule has 0 aliphatic carbocycles. The van der Waals surface area contributed by atoms with Gasteiger partial charge in [0, 0.05) is 27.7 Å². The molecule has 0 unspecified atom stereocenters. The molecule has 0 saturated carbocycles. The van der Waals surface area contributed by atoms with Crippen molar-refractivity contribution in [2.45, 2.75) is 18.1 Å². The number of carbonyl (C=O) groups excluding carboxylic acids is 1. The van der Waals surface area contributed by atoms with Crippen molar-refractivity contribution in [3.05, 3.63) is 99.6 Å².